The van der Waals surface area contributed by atoms with Gasteiger partial charge < -0.3 is 0 Å². The largest absolute Gasteiger partial charge is 0.274 e. The fourth-order valence-corrected chi connectivity index (χ4v) is 3.53. The van der Waals surface area contributed by atoms with E-state index in [4.69, 9.17) is 0 Å². The zero-order valence-corrected chi connectivity index (χ0v) is 12.1. The number of amides is 2. The smallest absolute Gasteiger partial charge is 0.238 e. The molecule has 0 N–H and O–H groups in total. The van der Waals surface area contributed by atoms with Gasteiger partial charge in [-0.05, 0) is 37.3 Å². The van der Waals surface area contributed by atoms with E-state index in [9.17, 15) is 9.59 Å². The number of allylic oxidation sites excluding steroid dienone is 2. The first kappa shape index (κ1) is 13.1. The van der Waals surface area contributed by atoms with Crippen LogP contribution in [0.1, 0.15) is 24.5 Å². The Hall–Kier alpha value is -1.90. The Morgan fingerprint density at radius 3 is 2.35 bits per heavy atom. The van der Waals surface area contributed by atoms with Crippen LogP contribution >= 0.6 is 0 Å². The molecule has 3 rings (SSSR count). The fourth-order valence-electron chi connectivity index (χ4n) is 3.53. The van der Waals surface area contributed by atoms with Crippen LogP contribution in [-0.2, 0) is 9.59 Å². The van der Waals surface area contributed by atoms with Crippen molar-refractivity contribution < 1.29 is 9.59 Å². The van der Waals surface area contributed by atoms with E-state index in [1.807, 2.05) is 45.0 Å². The van der Waals surface area contributed by atoms with Gasteiger partial charge in [-0.2, -0.15) is 0 Å². The molecule has 20 heavy (non-hydrogen) atoms. The van der Waals surface area contributed by atoms with E-state index in [0.29, 0.717) is 6.42 Å². The Morgan fingerprint density at radius 2 is 1.75 bits per heavy atom. The highest BCUT2D eigenvalue weighted by Crippen LogP contribution is 2.41. The lowest BCUT2D eigenvalue weighted by atomic mass is 9.78. The monoisotopic (exact) mass is 269 g/mol. The number of para-hydroxylation sites is 1. The maximum atomic E-state index is 12.7. The number of fused-ring (bicyclic) bond motifs is 1. The number of nitrogens with zero attached hydrogens (tertiary/aromatic N) is 1. The van der Waals surface area contributed by atoms with E-state index < -0.39 is 0 Å². The molecule has 1 saturated heterocycles. The molecule has 3 atom stereocenters. The minimum Gasteiger partial charge on any atom is -0.274 e. The number of hydrogen-bond acceptors (Lipinski definition) is 2. The van der Waals surface area contributed by atoms with Crippen molar-refractivity contribution in [1.82, 2.24) is 0 Å². The molecule has 1 heterocycles. The van der Waals surface area contributed by atoms with Gasteiger partial charge in [-0.25, -0.2) is 4.90 Å². The van der Waals surface area contributed by atoms with Gasteiger partial charge in [0.2, 0.25) is 11.8 Å². The number of anilines is 1. The van der Waals surface area contributed by atoms with Gasteiger partial charge in [0, 0.05) is 0 Å². The Kier molecular flexibility index (Phi) is 3.00. The molecule has 0 aromatic heterocycles. The third-order valence-corrected chi connectivity index (χ3v) is 4.54. The third-order valence-electron chi connectivity index (χ3n) is 4.54. The van der Waals surface area contributed by atoms with Gasteiger partial charge in [-0.3, -0.25) is 9.59 Å². The van der Waals surface area contributed by atoms with Crippen molar-refractivity contribution in [2.75, 3.05) is 4.90 Å². The highest BCUT2D eigenvalue weighted by Gasteiger charge is 2.50. The van der Waals surface area contributed by atoms with E-state index in [-0.39, 0.29) is 29.6 Å². The number of carbonyl (C=O) groups excluding carboxylic acids is 2. The lowest BCUT2D eigenvalue weighted by Gasteiger charge is -2.22. The second kappa shape index (κ2) is 4.58. The van der Waals surface area contributed by atoms with Gasteiger partial charge in [0.15, 0.2) is 0 Å². The maximum Gasteiger partial charge on any atom is 0.238 e. The van der Waals surface area contributed by atoms with E-state index in [1.165, 1.54) is 4.90 Å². The zero-order chi connectivity index (χ0) is 14.4. The Morgan fingerprint density at radius 1 is 1.10 bits per heavy atom. The topological polar surface area (TPSA) is 37.4 Å². The predicted octanol–water partition coefficient (Wildman–Crippen LogP) is 3.01. The Balaban J connectivity index is 2.08. The quantitative estimate of drug-likeness (QED) is 0.580. The molecule has 1 aliphatic carbocycles. The van der Waals surface area contributed by atoms with Gasteiger partial charge in [0.25, 0.3) is 0 Å². The molecule has 1 aromatic carbocycles. The second-order valence-corrected chi connectivity index (χ2v) is 5.91. The molecule has 0 spiro atoms. The summed E-state index contributed by atoms with van der Waals surface area (Å²) < 4.78 is 0. The average molecular weight is 269 g/mol. The minimum absolute atomic E-state index is 0.0331. The molecule has 2 aliphatic rings. The van der Waals surface area contributed by atoms with Crippen molar-refractivity contribution in [3.8, 4) is 0 Å². The molecule has 3 nitrogen and oxygen atoms in total. The molecule has 1 aliphatic heterocycles. The number of aryl methyl sites for hydroxylation is 2. The normalized spacial score (nSPS) is 28.9. The molecule has 3 heteroatoms. The molecule has 0 radical (unpaired) electrons. The lowest BCUT2D eigenvalue weighted by Crippen LogP contribution is -2.32. The summed E-state index contributed by atoms with van der Waals surface area (Å²) in [5, 5.41) is 0. The number of hydrogen-bond donors (Lipinski definition) is 0. The van der Waals surface area contributed by atoms with Gasteiger partial charge >= 0.3 is 0 Å². The molecule has 1 fully saturated rings. The average Bonchev–Trinajstić information content (AvgIpc) is 2.65. The summed E-state index contributed by atoms with van der Waals surface area (Å²) in [6.45, 7) is 5.92. The van der Waals surface area contributed by atoms with Gasteiger partial charge in [-0.15, -0.1) is 0 Å². The molecular weight excluding hydrogens is 250 g/mol. The summed E-state index contributed by atoms with van der Waals surface area (Å²) in [7, 11) is 0. The van der Waals surface area contributed by atoms with Crippen LogP contribution < -0.4 is 4.90 Å². The number of benzene rings is 1. The number of imide groups is 1. The fraction of sp³-hybridized carbons (Fsp3) is 0.412. The van der Waals surface area contributed by atoms with E-state index in [2.05, 4.69) is 6.08 Å². The first-order valence-electron chi connectivity index (χ1n) is 7.13. The Labute approximate surface area is 119 Å². The standard InChI is InChI=1S/C17H19NO2/c1-10-6-5-9-13-14(10)17(20)18(16(13)19)15-11(2)7-4-8-12(15)3/h4-8,10,13-14H,9H2,1-3H3. The molecule has 3 unspecified atom stereocenters. The van der Waals surface area contributed by atoms with Gasteiger partial charge in [0.1, 0.15) is 0 Å². The van der Waals surface area contributed by atoms with Crippen LogP contribution in [0.3, 0.4) is 0 Å². The minimum atomic E-state index is -0.188. The van der Waals surface area contributed by atoms with Crippen LogP contribution in [0, 0.1) is 31.6 Å². The molecular formula is C17H19NO2. The van der Waals surface area contributed by atoms with Crippen LogP contribution in [0.15, 0.2) is 30.4 Å². The Bertz CT molecular complexity index is 597. The van der Waals surface area contributed by atoms with Crippen molar-refractivity contribution in [3.63, 3.8) is 0 Å². The lowest BCUT2D eigenvalue weighted by molar-refractivity contribution is -0.122. The molecule has 104 valence electrons. The maximum absolute atomic E-state index is 12.7. The molecule has 0 bridgehead atoms. The SMILES string of the molecule is Cc1cccc(C)c1N1C(=O)C2CC=CC(C)C2C1=O. The zero-order valence-electron chi connectivity index (χ0n) is 12.1. The van der Waals surface area contributed by atoms with Crippen LogP contribution in [0.4, 0.5) is 5.69 Å². The van der Waals surface area contributed by atoms with Crippen molar-refractivity contribution in [1.29, 1.82) is 0 Å². The van der Waals surface area contributed by atoms with Crippen LogP contribution in [-0.4, -0.2) is 11.8 Å². The van der Waals surface area contributed by atoms with Crippen molar-refractivity contribution in [2.24, 2.45) is 17.8 Å². The third kappa shape index (κ3) is 1.73. The predicted molar refractivity (Wildman–Crippen MR) is 78.3 cm³/mol. The van der Waals surface area contributed by atoms with Crippen molar-refractivity contribution in [3.05, 3.63) is 41.5 Å². The van der Waals surface area contributed by atoms with Gasteiger partial charge in [-0.1, -0.05) is 37.3 Å². The number of carbonyl (C=O) groups is 2. The molecule has 1 aromatic rings. The summed E-state index contributed by atoms with van der Waals surface area (Å²) in [5.74, 6) is -0.296. The molecule has 2 amide bonds. The van der Waals surface area contributed by atoms with Crippen molar-refractivity contribution in [2.45, 2.75) is 27.2 Å². The first-order valence-corrected chi connectivity index (χ1v) is 7.13. The summed E-state index contributed by atoms with van der Waals surface area (Å²) in [6.07, 6.45) is 4.77. The first-order chi connectivity index (χ1) is 9.52. The molecule has 0 saturated carbocycles. The summed E-state index contributed by atoms with van der Waals surface area (Å²) in [6, 6.07) is 5.86. The van der Waals surface area contributed by atoms with Crippen LogP contribution in [0.2, 0.25) is 0 Å². The highest BCUT2D eigenvalue weighted by molar-refractivity contribution is 6.23. The van der Waals surface area contributed by atoms with E-state index >= 15 is 0 Å². The van der Waals surface area contributed by atoms with Crippen molar-refractivity contribution >= 4 is 17.5 Å². The van der Waals surface area contributed by atoms with Crippen LogP contribution in [0.5, 0.6) is 0 Å². The summed E-state index contributed by atoms with van der Waals surface area (Å²) in [4.78, 5) is 26.8. The van der Waals surface area contributed by atoms with Gasteiger partial charge in [0.05, 0.1) is 17.5 Å². The highest BCUT2D eigenvalue weighted by atomic mass is 16.2. The van der Waals surface area contributed by atoms with Crippen LogP contribution in [0.25, 0.3) is 0 Å². The summed E-state index contributed by atoms with van der Waals surface area (Å²) in [5.41, 5.74) is 2.74. The van der Waals surface area contributed by atoms with E-state index in [1.54, 1.807) is 0 Å². The summed E-state index contributed by atoms with van der Waals surface area (Å²) >= 11 is 0. The van der Waals surface area contributed by atoms with E-state index in [0.717, 1.165) is 16.8 Å². The number of rotatable bonds is 1. The second-order valence-electron chi connectivity index (χ2n) is 5.91.